The van der Waals surface area contributed by atoms with Gasteiger partial charge >= 0.3 is 0 Å². The lowest BCUT2D eigenvalue weighted by Crippen LogP contribution is -2.67. The fourth-order valence-corrected chi connectivity index (χ4v) is 21.0. The van der Waals surface area contributed by atoms with Gasteiger partial charge in [0.2, 0.25) is 16.6 Å². The van der Waals surface area contributed by atoms with E-state index in [9.17, 15) is 4.21 Å². The highest BCUT2D eigenvalue weighted by atomic mass is 32.2. The average molecular weight is 675 g/mol. The quantitative estimate of drug-likeness (QED) is 0.176. The molecule has 6 atom stereocenters. The molecule has 254 valence electrons. The summed E-state index contributed by atoms with van der Waals surface area (Å²) >= 11 is 0. The second-order valence-electron chi connectivity index (χ2n) is 14.9. The molecule has 1 saturated heterocycles. The number of hydrogen-bond acceptors (Lipinski definition) is 5. The van der Waals surface area contributed by atoms with Crippen molar-refractivity contribution < 1.29 is 22.5 Å². The Hall–Kier alpha value is -1.14. The van der Waals surface area contributed by atoms with Crippen LogP contribution in [-0.4, -0.2) is 50.7 Å². The minimum Gasteiger partial charge on any atom is -0.408 e. The molecule has 1 aliphatic heterocycles. The second-order valence-corrected chi connectivity index (χ2v) is 27.2. The maximum absolute atomic E-state index is 14.4. The first-order valence-electron chi connectivity index (χ1n) is 17.2. The summed E-state index contributed by atoms with van der Waals surface area (Å²) in [7, 11) is -6.28. The molecule has 0 saturated carbocycles. The lowest BCUT2D eigenvalue weighted by molar-refractivity contribution is -0.203. The van der Waals surface area contributed by atoms with E-state index in [1.807, 2.05) is 48.5 Å². The molecule has 0 aromatic heterocycles. The summed E-state index contributed by atoms with van der Waals surface area (Å²) in [4.78, 5) is 0.733. The van der Waals surface area contributed by atoms with Crippen LogP contribution in [0.1, 0.15) is 95.6 Å². The van der Waals surface area contributed by atoms with E-state index in [4.69, 9.17) is 18.3 Å². The van der Waals surface area contributed by atoms with Crippen LogP contribution < -0.4 is 0 Å². The Morgan fingerprint density at radius 2 is 1.02 bits per heavy atom. The second kappa shape index (κ2) is 16.3. The normalized spacial score (nSPS) is 24.0. The van der Waals surface area contributed by atoms with Gasteiger partial charge in [-0.05, 0) is 57.9 Å². The van der Waals surface area contributed by atoms with Crippen LogP contribution in [0.4, 0.5) is 0 Å². The van der Waals surface area contributed by atoms with Crippen LogP contribution in [0.25, 0.3) is 0 Å². The van der Waals surface area contributed by atoms with Crippen molar-refractivity contribution in [2.24, 2.45) is 0 Å². The zero-order valence-corrected chi connectivity index (χ0v) is 33.1. The van der Waals surface area contributed by atoms with E-state index < -0.39 is 45.1 Å². The fraction of sp³-hybridized carbons (Fsp3) is 0.676. The van der Waals surface area contributed by atoms with Crippen molar-refractivity contribution in [3.05, 3.63) is 66.2 Å². The van der Waals surface area contributed by atoms with Crippen LogP contribution in [-0.2, 0) is 35.7 Å². The fourth-order valence-electron chi connectivity index (χ4n) is 8.36. The van der Waals surface area contributed by atoms with Gasteiger partial charge < -0.3 is 18.3 Å². The van der Waals surface area contributed by atoms with Crippen LogP contribution >= 0.6 is 0 Å². The molecule has 1 heterocycles. The molecule has 1 fully saturated rings. The molecule has 1 aliphatic rings. The zero-order valence-electron chi connectivity index (χ0n) is 30.3. The van der Waals surface area contributed by atoms with E-state index >= 15 is 0 Å². The Bertz CT molecular complexity index is 1140. The molecule has 0 N–H and O–H groups in total. The zero-order chi connectivity index (χ0) is 33.7. The molecule has 3 rings (SSSR count). The third kappa shape index (κ3) is 8.12. The van der Waals surface area contributed by atoms with E-state index in [0.717, 1.165) is 10.5 Å². The Morgan fingerprint density at radius 1 is 0.622 bits per heavy atom. The SMILES string of the molecule is CC(C)[Si](O[C@@H]1[C@@H](O[Si](C(C)C)(C(C)C)C(C)C)[C@H](C)O[C@@H](S(=O)c2ccccc2)[C@@H]1OCc1ccccc1)(C(C)C)C(C)C. The van der Waals surface area contributed by atoms with Gasteiger partial charge in [0.25, 0.3) is 0 Å². The first kappa shape index (κ1) is 38.3. The van der Waals surface area contributed by atoms with Gasteiger partial charge in [0.05, 0.1) is 29.6 Å². The van der Waals surface area contributed by atoms with E-state index in [-0.39, 0.29) is 12.2 Å². The lowest BCUT2D eigenvalue weighted by Gasteiger charge is -2.54. The summed E-state index contributed by atoms with van der Waals surface area (Å²) in [5, 5.41) is 0. The summed E-state index contributed by atoms with van der Waals surface area (Å²) in [6.07, 6.45) is -1.70. The molecule has 0 spiro atoms. The summed E-state index contributed by atoms with van der Waals surface area (Å²) < 4.78 is 43.5. The number of benzene rings is 2. The van der Waals surface area contributed by atoms with Gasteiger partial charge in [0.1, 0.15) is 12.2 Å². The molecule has 2 aromatic rings. The third-order valence-electron chi connectivity index (χ3n) is 10.3. The van der Waals surface area contributed by atoms with Crippen molar-refractivity contribution in [3.63, 3.8) is 0 Å². The maximum Gasteiger partial charge on any atom is 0.201 e. The van der Waals surface area contributed by atoms with Crippen LogP contribution in [0, 0.1) is 0 Å². The molecule has 1 unspecified atom stereocenters. The van der Waals surface area contributed by atoms with Crippen molar-refractivity contribution in [3.8, 4) is 0 Å². The predicted molar refractivity (Wildman–Crippen MR) is 194 cm³/mol. The highest BCUT2D eigenvalue weighted by molar-refractivity contribution is 7.85. The Kier molecular flexibility index (Phi) is 13.9. The van der Waals surface area contributed by atoms with Crippen molar-refractivity contribution in [1.82, 2.24) is 0 Å². The van der Waals surface area contributed by atoms with Gasteiger partial charge in [-0.25, -0.2) is 0 Å². The molecule has 5 nitrogen and oxygen atoms in total. The van der Waals surface area contributed by atoms with Gasteiger partial charge in [-0.1, -0.05) is 132 Å². The van der Waals surface area contributed by atoms with Crippen LogP contribution in [0.5, 0.6) is 0 Å². The molecule has 2 aromatic carbocycles. The standard InChI is InChI=1S/C37H62O5SSi2/c1-25(2)44(26(3)4,27(5)6)41-34-31(13)40-37(43(38)33-22-18-15-19-23-33)36(39-24-32-20-16-14-17-21-32)35(34)42-45(28(7)8,29(9)10)30(11)12/h14-23,25-31,34-37H,24H2,1-13H3/t31-,34-,35+,36+,37-,43?/m0/s1. The molecule has 0 radical (unpaired) electrons. The summed E-state index contributed by atoms with van der Waals surface area (Å²) in [5.41, 5.74) is 2.64. The van der Waals surface area contributed by atoms with Gasteiger partial charge in [-0.3, -0.25) is 4.21 Å². The number of rotatable bonds is 15. The van der Waals surface area contributed by atoms with E-state index in [1.165, 1.54) is 0 Å². The van der Waals surface area contributed by atoms with Crippen LogP contribution in [0.3, 0.4) is 0 Å². The topological polar surface area (TPSA) is 54.0 Å². The largest absolute Gasteiger partial charge is 0.408 e. The summed E-state index contributed by atoms with van der Waals surface area (Å²) in [6.45, 7) is 30.3. The Morgan fingerprint density at radius 3 is 1.44 bits per heavy atom. The maximum atomic E-state index is 14.4. The van der Waals surface area contributed by atoms with Crippen molar-refractivity contribution in [2.75, 3.05) is 0 Å². The molecule has 0 bridgehead atoms. The number of hydrogen-bond donors (Lipinski definition) is 0. The average Bonchev–Trinajstić information content (AvgIpc) is 2.98. The van der Waals surface area contributed by atoms with Gasteiger partial charge in [-0.2, -0.15) is 0 Å². The summed E-state index contributed by atoms with van der Waals surface area (Å²) in [5.74, 6) is 0. The molecule has 0 amide bonds. The van der Waals surface area contributed by atoms with E-state index in [0.29, 0.717) is 39.9 Å². The smallest absolute Gasteiger partial charge is 0.201 e. The molecule has 45 heavy (non-hydrogen) atoms. The highest BCUT2D eigenvalue weighted by Gasteiger charge is 2.58. The third-order valence-corrected chi connectivity index (χ3v) is 24.0. The van der Waals surface area contributed by atoms with Gasteiger partial charge in [0.15, 0.2) is 5.44 Å². The van der Waals surface area contributed by atoms with Crippen molar-refractivity contribution in [2.45, 2.75) is 165 Å². The first-order chi connectivity index (χ1) is 21.1. The Balaban J connectivity index is 2.26. The van der Waals surface area contributed by atoms with Gasteiger partial charge in [0, 0.05) is 4.90 Å². The monoisotopic (exact) mass is 674 g/mol. The van der Waals surface area contributed by atoms with Crippen LogP contribution in [0.2, 0.25) is 33.2 Å². The predicted octanol–water partition coefficient (Wildman–Crippen LogP) is 10.2. The molecule has 0 aliphatic carbocycles. The highest BCUT2D eigenvalue weighted by Crippen LogP contribution is 2.49. The Labute approximate surface area is 279 Å². The van der Waals surface area contributed by atoms with Gasteiger partial charge in [-0.15, -0.1) is 0 Å². The van der Waals surface area contributed by atoms with E-state index in [2.05, 4.69) is 102 Å². The summed E-state index contributed by atoms with van der Waals surface area (Å²) in [6, 6.07) is 19.9. The minimum absolute atomic E-state index is 0.328. The van der Waals surface area contributed by atoms with Crippen molar-refractivity contribution >= 4 is 27.4 Å². The lowest BCUT2D eigenvalue weighted by atomic mass is 10.0. The van der Waals surface area contributed by atoms with Crippen LogP contribution in [0.15, 0.2) is 65.6 Å². The molecular formula is C37H62O5SSi2. The molecular weight excluding hydrogens is 613 g/mol. The van der Waals surface area contributed by atoms with E-state index in [1.54, 1.807) is 0 Å². The number of ether oxygens (including phenoxy) is 2. The molecule has 8 heteroatoms. The minimum atomic E-state index is -2.44. The van der Waals surface area contributed by atoms with Crippen molar-refractivity contribution in [1.29, 1.82) is 0 Å². The first-order valence-corrected chi connectivity index (χ1v) is 22.7.